The van der Waals surface area contributed by atoms with E-state index in [4.69, 9.17) is 16.0 Å². The maximum Gasteiger partial charge on any atom is 0.292 e. The fourth-order valence-corrected chi connectivity index (χ4v) is 2.79. The van der Waals surface area contributed by atoms with E-state index in [-0.39, 0.29) is 5.92 Å². The molecule has 0 aliphatic rings. The quantitative estimate of drug-likeness (QED) is 0.721. The Morgan fingerprint density at radius 1 is 1.29 bits per heavy atom. The second-order valence-electron chi connectivity index (χ2n) is 5.92. The van der Waals surface area contributed by atoms with Crippen LogP contribution in [0.15, 0.2) is 35.1 Å². The lowest BCUT2D eigenvalue weighted by Crippen LogP contribution is -2.37. The lowest BCUT2D eigenvalue weighted by molar-refractivity contribution is 0.0618. The Labute approximate surface area is 144 Å². The maximum atomic E-state index is 13.0. The Kier molecular flexibility index (Phi) is 5.94. The van der Waals surface area contributed by atoms with E-state index in [1.54, 1.807) is 19.1 Å². The first-order chi connectivity index (χ1) is 11.3. The van der Waals surface area contributed by atoms with Crippen molar-refractivity contribution in [1.82, 2.24) is 9.88 Å². The molecule has 0 saturated heterocycles. The Hall–Kier alpha value is -1.95. The SMILES string of the molecule is CC(C)CN(C(=O)c1ocnc1C(F)F)[C@@H](C)c1ccccc1Cl. The summed E-state index contributed by atoms with van der Waals surface area (Å²) in [7, 11) is 0. The van der Waals surface area contributed by atoms with Crippen LogP contribution in [0.5, 0.6) is 0 Å². The normalized spacial score (nSPS) is 12.7. The number of nitrogens with zero attached hydrogens (tertiary/aromatic N) is 2. The van der Waals surface area contributed by atoms with Gasteiger partial charge in [0.25, 0.3) is 12.3 Å². The van der Waals surface area contributed by atoms with Crippen LogP contribution in [0.1, 0.15) is 55.1 Å². The van der Waals surface area contributed by atoms with E-state index in [2.05, 4.69) is 4.98 Å². The first kappa shape index (κ1) is 18.4. The third-order valence-electron chi connectivity index (χ3n) is 3.64. The van der Waals surface area contributed by atoms with Crippen LogP contribution in [0.3, 0.4) is 0 Å². The number of carbonyl (C=O) groups is 1. The lowest BCUT2D eigenvalue weighted by atomic mass is 10.0. The van der Waals surface area contributed by atoms with Gasteiger partial charge in [0, 0.05) is 11.6 Å². The highest BCUT2D eigenvalue weighted by atomic mass is 35.5. The number of alkyl halides is 2. The summed E-state index contributed by atoms with van der Waals surface area (Å²) >= 11 is 6.22. The van der Waals surface area contributed by atoms with Crippen LogP contribution >= 0.6 is 11.6 Å². The predicted octanol–water partition coefficient (Wildman–Crippen LogP) is 5.13. The van der Waals surface area contributed by atoms with Gasteiger partial charge in [-0.05, 0) is 24.5 Å². The highest BCUT2D eigenvalue weighted by molar-refractivity contribution is 6.31. The van der Waals surface area contributed by atoms with Crippen LogP contribution in [0.2, 0.25) is 5.02 Å². The van der Waals surface area contributed by atoms with Gasteiger partial charge in [-0.3, -0.25) is 4.79 Å². The summed E-state index contributed by atoms with van der Waals surface area (Å²) in [4.78, 5) is 17.8. The van der Waals surface area contributed by atoms with E-state index in [9.17, 15) is 13.6 Å². The summed E-state index contributed by atoms with van der Waals surface area (Å²) in [5, 5.41) is 0.512. The van der Waals surface area contributed by atoms with Crippen molar-refractivity contribution in [2.75, 3.05) is 6.54 Å². The van der Waals surface area contributed by atoms with Crippen LogP contribution < -0.4 is 0 Å². The maximum absolute atomic E-state index is 13.0. The van der Waals surface area contributed by atoms with Crippen molar-refractivity contribution in [3.8, 4) is 0 Å². The number of aromatic nitrogens is 1. The van der Waals surface area contributed by atoms with Crippen LogP contribution in [-0.2, 0) is 0 Å². The molecule has 0 radical (unpaired) electrons. The Balaban J connectivity index is 2.39. The van der Waals surface area contributed by atoms with Gasteiger partial charge >= 0.3 is 0 Å². The van der Waals surface area contributed by atoms with E-state index in [1.165, 1.54) is 4.90 Å². The second kappa shape index (κ2) is 7.75. The summed E-state index contributed by atoms with van der Waals surface area (Å²) in [6.45, 7) is 6.05. The minimum atomic E-state index is -2.88. The number of hydrogen-bond acceptors (Lipinski definition) is 3. The summed E-state index contributed by atoms with van der Waals surface area (Å²) in [6.07, 6.45) is -2.01. The summed E-state index contributed by atoms with van der Waals surface area (Å²) in [5.41, 5.74) is 0.103. The molecular weight excluding hydrogens is 338 g/mol. The zero-order chi connectivity index (χ0) is 17.9. The third kappa shape index (κ3) is 3.93. The number of oxazole rings is 1. The zero-order valence-electron chi connectivity index (χ0n) is 13.7. The van der Waals surface area contributed by atoms with Crippen molar-refractivity contribution in [3.05, 3.63) is 52.7 Å². The number of rotatable bonds is 6. The molecule has 4 nitrogen and oxygen atoms in total. The highest BCUT2D eigenvalue weighted by Crippen LogP contribution is 2.30. The van der Waals surface area contributed by atoms with Crippen molar-refractivity contribution in [3.63, 3.8) is 0 Å². The van der Waals surface area contributed by atoms with Crippen LogP contribution in [0, 0.1) is 5.92 Å². The molecule has 0 aliphatic carbocycles. The molecule has 0 saturated carbocycles. The molecule has 1 aromatic heterocycles. The molecule has 2 aromatic rings. The van der Waals surface area contributed by atoms with Crippen LogP contribution in [0.25, 0.3) is 0 Å². The summed E-state index contributed by atoms with van der Waals surface area (Å²) < 4.78 is 31.0. The molecule has 1 atom stereocenters. The van der Waals surface area contributed by atoms with Gasteiger partial charge in [0.05, 0.1) is 6.04 Å². The van der Waals surface area contributed by atoms with Crippen molar-refractivity contribution in [2.45, 2.75) is 33.2 Å². The van der Waals surface area contributed by atoms with Crippen molar-refractivity contribution in [1.29, 1.82) is 0 Å². The monoisotopic (exact) mass is 356 g/mol. The van der Waals surface area contributed by atoms with E-state index in [0.717, 1.165) is 12.0 Å². The molecular formula is C17H19ClF2N2O2. The number of halogens is 3. The smallest absolute Gasteiger partial charge is 0.292 e. The van der Waals surface area contributed by atoms with Gasteiger partial charge < -0.3 is 9.32 Å². The summed E-state index contributed by atoms with van der Waals surface area (Å²) in [6, 6.07) is 6.74. The average molecular weight is 357 g/mol. The first-order valence-corrected chi connectivity index (χ1v) is 7.97. The molecule has 0 fully saturated rings. The largest absolute Gasteiger partial charge is 0.438 e. The van der Waals surface area contributed by atoms with Gasteiger partial charge in [0.15, 0.2) is 12.1 Å². The van der Waals surface area contributed by atoms with Crippen molar-refractivity contribution >= 4 is 17.5 Å². The van der Waals surface area contributed by atoms with Crippen LogP contribution in [0.4, 0.5) is 8.78 Å². The van der Waals surface area contributed by atoms with Crippen molar-refractivity contribution in [2.24, 2.45) is 5.92 Å². The van der Waals surface area contributed by atoms with E-state index in [0.29, 0.717) is 11.6 Å². The zero-order valence-corrected chi connectivity index (χ0v) is 14.4. The fraction of sp³-hybridized carbons (Fsp3) is 0.412. The molecule has 0 bridgehead atoms. The van der Waals surface area contributed by atoms with Crippen molar-refractivity contribution < 1.29 is 18.0 Å². The molecule has 0 spiro atoms. The van der Waals surface area contributed by atoms with Crippen LogP contribution in [-0.4, -0.2) is 22.3 Å². The predicted molar refractivity (Wildman–Crippen MR) is 87.2 cm³/mol. The molecule has 24 heavy (non-hydrogen) atoms. The average Bonchev–Trinajstić information content (AvgIpc) is 3.01. The molecule has 1 aromatic carbocycles. The number of amides is 1. The standard InChI is InChI=1S/C17H19ClF2N2O2/c1-10(2)8-22(11(3)12-6-4-5-7-13(12)18)17(23)15-14(16(19)20)21-9-24-15/h4-7,9-11,16H,8H2,1-3H3/t11-/m0/s1. The lowest BCUT2D eigenvalue weighted by Gasteiger charge is -2.31. The molecule has 7 heteroatoms. The first-order valence-electron chi connectivity index (χ1n) is 7.59. The van der Waals surface area contributed by atoms with Gasteiger partial charge in [-0.25, -0.2) is 13.8 Å². The number of carbonyl (C=O) groups excluding carboxylic acids is 1. The van der Waals surface area contributed by atoms with Gasteiger partial charge in [0.1, 0.15) is 0 Å². The molecule has 1 heterocycles. The molecule has 130 valence electrons. The third-order valence-corrected chi connectivity index (χ3v) is 3.99. The minimum Gasteiger partial charge on any atom is -0.438 e. The Morgan fingerprint density at radius 3 is 2.54 bits per heavy atom. The highest BCUT2D eigenvalue weighted by Gasteiger charge is 2.31. The van der Waals surface area contributed by atoms with E-state index in [1.807, 2.05) is 26.0 Å². The van der Waals surface area contributed by atoms with Gasteiger partial charge in [0.2, 0.25) is 5.76 Å². The molecule has 0 aliphatic heterocycles. The van der Waals surface area contributed by atoms with Gasteiger partial charge in [-0.15, -0.1) is 0 Å². The van der Waals surface area contributed by atoms with E-state index >= 15 is 0 Å². The fourth-order valence-electron chi connectivity index (χ4n) is 2.49. The second-order valence-corrected chi connectivity index (χ2v) is 6.32. The summed E-state index contributed by atoms with van der Waals surface area (Å²) in [5.74, 6) is -0.912. The number of benzene rings is 1. The molecule has 1 amide bonds. The van der Waals surface area contributed by atoms with Gasteiger partial charge in [-0.1, -0.05) is 43.6 Å². The van der Waals surface area contributed by atoms with Gasteiger partial charge in [-0.2, -0.15) is 0 Å². The molecule has 0 unspecified atom stereocenters. The Bertz CT molecular complexity index is 703. The van der Waals surface area contributed by atoms with E-state index < -0.39 is 29.8 Å². The minimum absolute atomic E-state index is 0.136. The molecule has 2 rings (SSSR count). The Morgan fingerprint density at radius 2 is 1.96 bits per heavy atom. The molecule has 0 N–H and O–H groups in total. The topological polar surface area (TPSA) is 46.3 Å². The number of hydrogen-bond donors (Lipinski definition) is 0.